The van der Waals surface area contributed by atoms with E-state index >= 15 is 0 Å². The van der Waals surface area contributed by atoms with Gasteiger partial charge in [0.05, 0.1) is 0 Å². The quantitative estimate of drug-likeness (QED) is 0.135. The zero-order valence-electron chi connectivity index (χ0n) is 22.7. The van der Waals surface area contributed by atoms with Gasteiger partial charge in [0.25, 0.3) is 0 Å². The average Bonchev–Trinajstić information content (AvgIpc) is 3.02. The van der Waals surface area contributed by atoms with Crippen LogP contribution in [0.3, 0.4) is 0 Å². The Morgan fingerprint density at radius 2 is 0.725 bits per heavy atom. The van der Waals surface area contributed by atoms with E-state index in [0.29, 0.717) is 12.3 Å². The van der Waals surface area contributed by atoms with Gasteiger partial charge in [0.15, 0.2) is 0 Å². The van der Waals surface area contributed by atoms with E-state index in [1.54, 1.807) is 0 Å². The molecule has 0 unspecified atom stereocenters. The number of carbonyl (C=O) groups excluding carboxylic acids is 2. The van der Waals surface area contributed by atoms with Crippen LogP contribution in [0, 0.1) is 0 Å². The molecular weight excluding hydrogens is 670 g/mol. The number of hydrogen-bond acceptors (Lipinski definition) is 4. The monoisotopic (exact) mass is 702 g/mol. The van der Waals surface area contributed by atoms with E-state index < -0.39 is 10.6 Å². The number of ether oxygens (including phenoxy) is 2. The van der Waals surface area contributed by atoms with Crippen molar-refractivity contribution < 1.29 is 19.1 Å². The van der Waals surface area contributed by atoms with Crippen molar-refractivity contribution in [1.82, 2.24) is 0 Å². The van der Waals surface area contributed by atoms with E-state index in [-0.39, 0.29) is 24.3 Å². The van der Waals surface area contributed by atoms with E-state index in [1.165, 1.54) is 14.2 Å². The predicted molar refractivity (Wildman–Crippen MR) is 179 cm³/mol. The van der Waals surface area contributed by atoms with Gasteiger partial charge in [-0.3, -0.25) is 0 Å². The predicted octanol–water partition coefficient (Wildman–Crippen LogP) is 6.36. The molecule has 0 aromatic heterocycles. The van der Waals surface area contributed by atoms with Gasteiger partial charge in [-0.15, -0.1) is 0 Å². The van der Waals surface area contributed by atoms with E-state index in [1.807, 2.05) is 72.8 Å². The minimum atomic E-state index is -3.45. The number of carbonyl (C=O) groups is 2. The van der Waals surface area contributed by atoms with E-state index in [4.69, 9.17) is 9.47 Å². The molecule has 0 N–H and O–H groups in total. The Hall–Kier alpha value is -2.36. The zero-order valence-corrected chi connectivity index (χ0v) is 27.6. The molecule has 0 radical (unpaired) electrons. The molecule has 210 valence electrons. The molecule has 0 aliphatic rings. The molecule has 0 bridgehead atoms. The maximum atomic E-state index is 13.3. The molecular formula is C32H34Br2O4P2. The van der Waals surface area contributed by atoms with Gasteiger partial charge in [-0.2, -0.15) is 0 Å². The van der Waals surface area contributed by atoms with Crippen molar-refractivity contribution in [3.8, 4) is 0 Å². The number of esters is 2. The summed E-state index contributed by atoms with van der Waals surface area (Å²) in [7, 11) is 2.87. The van der Waals surface area contributed by atoms with Crippen LogP contribution in [0.25, 0.3) is 0 Å². The minimum absolute atomic E-state index is 0.178. The molecule has 0 saturated heterocycles. The van der Waals surface area contributed by atoms with Crippen molar-refractivity contribution >= 4 is 74.7 Å². The van der Waals surface area contributed by atoms with Gasteiger partial charge in [-0.05, 0) is 0 Å². The normalized spacial score (nSPS) is 13.7. The summed E-state index contributed by atoms with van der Waals surface area (Å²) in [6, 6.07) is 40.8. The summed E-state index contributed by atoms with van der Waals surface area (Å²) in [5, 5.41) is -2.67. The number of halogens is 2. The first-order chi connectivity index (χ1) is 19.2. The van der Waals surface area contributed by atoms with E-state index in [9.17, 15) is 9.59 Å². The molecule has 0 fully saturated rings. The third kappa shape index (κ3) is 5.70. The molecule has 4 aromatic rings. The van der Waals surface area contributed by atoms with Gasteiger partial charge < -0.3 is 0 Å². The molecule has 40 heavy (non-hydrogen) atoms. The summed E-state index contributed by atoms with van der Waals surface area (Å²) in [5.74, 6) is -0.575. The SMILES string of the molecule is COC(=O)CP(Br)(CCP(Br)(CC(=O)OC)(c1ccccc1)c1ccccc1)(c1ccccc1)c1ccccc1. The fourth-order valence-corrected chi connectivity index (χ4v) is 23.2. The number of methoxy groups -OCH3 is 2. The van der Waals surface area contributed by atoms with Crippen LogP contribution in [0.5, 0.6) is 0 Å². The van der Waals surface area contributed by atoms with Crippen molar-refractivity contribution in [1.29, 1.82) is 0 Å². The third-order valence-corrected chi connectivity index (χ3v) is 26.8. The van der Waals surface area contributed by atoms with Crippen LogP contribution in [0.1, 0.15) is 0 Å². The van der Waals surface area contributed by atoms with Crippen LogP contribution in [-0.2, 0) is 19.1 Å². The Kier molecular flexibility index (Phi) is 9.37. The van der Waals surface area contributed by atoms with Crippen LogP contribution >= 0.6 is 41.6 Å². The van der Waals surface area contributed by atoms with Crippen LogP contribution < -0.4 is 21.2 Å². The summed E-state index contributed by atoms with van der Waals surface area (Å²) >= 11 is 8.74. The molecule has 0 heterocycles. The van der Waals surface area contributed by atoms with Gasteiger partial charge in [-0.25, -0.2) is 0 Å². The fourth-order valence-electron chi connectivity index (χ4n) is 5.50. The Balaban J connectivity index is 2.04. The first kappa shape index (κ1) is 30.6. The van der Waals surface area contributed by atoms with Crippen LogP contribution in [0.4, 0.5) is 0 Å². The van der Waals surface area contributed by atoms with Crippen molar-refractivity contribution in [3.63, 3.8) is 0 Å². The second-order valence-electron chi connectivity index (χ2n) is 10.0. The van der Waals surface area contributed by atoms with Crippen molar-refractivity contribution in [2.45, 2.75) is 0 Å². The van der Waals surface area contributed by atoms with Crippen molar-refractivity contribution in [2.24, 2.45) is 0 Å². The number of benzene rings is 4. The summed E-state index contributed by atoms with van der Waals surface area (Å²) in [6.45, 7) is 0. The average molecular weight is 704 g/mol. The van der Waals surface area contributed by atoms with Crippen LogP contribution in [0.15, 0.2) is 121 Å². The zero-order chi connectivity index (χ0) is 28.7. The molecule has 0 aliphatic heterocycles. The summed E-state index contributed by atoms with van der Waals surface area (Å²) in [5.41, 5.74) is 0. The second kappa shape index (κ2) is 12.2. The Morgan fingerprint density at radius 1 is 0.500 bits per heavy atom. The third-order valence-electron chi connectivity index (χ3n) is 7.80. The molecule has 0 atom stereocenters. The first-order valence-electron chi connectivity index (χ1n) is 13.0. The number of hydrogen-bond donors (Lipinski definition) is 0. The van der Waals surface area contributed by atoms with Gasteiger partial charge in [0.2, 0.25) is 0 Å². The molecule has 0 aliphatic carbocycles. The summed E-state index contributed by atoms with van der Waals surface area (Å²) < 4.78 is 10.6. The van der Waals surface area contributed by atoms with E-state index in [0.717, 1.165) is 21.2 Å². The molecule has 4 rings (SSSR count). The van der Waals surface area contributed by atoms with Crippen molar-refractivity contribution in [3.05, 3.63) is 121 Å². The summed E-state index contributed by atoms with van der Waals surface area (Å²) in [6.07, 6.45) is 1.55. The van der Waals surface area contributed by atoms with Gasteiger partial charge in [-0.1, -0.05) is 0 Å². The maximum absolute atomic E-state index is 13.3. The molecule has 8 heteroatoms. The van der Waals surface area contributed by atoms with Gasteiger partial charge in [0, 0.05) is 0 Å². The van der Waals surface area contributed by atoms with Crippen molar-refractivity contribution in [2.75, 3.05) is 38.9 Å². The molecule has 0 saturated carbocycles. The first-order valence-corrected chi connectivity index (χ1v) is 22.2. The topological polar surface area (TPSA) is 52.6 Å². The van der Waals surface area contributed by atoms with E-state index in [2.05, 4.69) is 79.5 Å². The van der Waals surface area contributed by atoms with Crippen LogP contribution in [-0.4, -0.2) is 50.8 Å². The Morgan fingerprint density at radius 3 is 0.925 bits per heavy atom. The summed E-state index contributed by atoms with van der Waals surface area (Å²) in [4.78, 5) is 26.5. The number of rotatable bonds is 11. The molecule has 4 aromatic carbocycles. The standard InChI is InChI=1S/C32H34Br2O4P2/c1-37-31(35)25-39(33,27-15-7-3-8-16-27,28-17-9-4-10-18-28)23-24-40(34,26-32(36)38-2,29-19-11-5-12-20-29)30-21-13-6-14-22-30/h3-22H,23-26H2,1-2H3. The molecule has 4 nitrogen and oxygen atoms in total. The molecule has 0 amide bonds. The fraction of sp³-hybridized carbons (Fsp3) is 0.188. The Labute approximate surface area is 252 Å². The molecule has 0 spiro atoms. The van der Waals surface area contributed by atoms with Crippen LogP contribution in [0.2, 0.25) is 0 Å². The Bertz CT molecular complexity index is 1260. The van der Waals surface area contributed by atoms with Gasteiger partial charge >= 0.3 is 254 Å². The van der Waals surface area contributed by atoms with Gasteiger partial charge in [0.1, 0.15) is 0 Å². The second-order valence-corrected chi connectivity index (χ2v) is 29.4.